The largest absolute Gasteiger partial charge is 0.481 e. The smallest absolute Gasteiger partial charge is 0.359 e. The molecule has 0 bridgehead atoms. The fourth-order valence-corrected chi connectivity index (χ4v) is 1.33. The molecular formula is C11H9NO4. The molecule has 5 nitrogen and oxygen atoms in total. The molecule has 0 saturated heterocycles. The van der Waals surface area contributed by atoms with Crippen LogP contribution >= 0.6 is 0 Å². The second-order valence-electron chi connectivity index (χ2n) is 3.23. The Hall–Kier alpha value is -2.30. The van der Waals surface area contributed by atoms with Crippen molar-refractivity contribution in [3.8, 4) is 5.75 Å². The van der Waals surface area contributed by atoms with Gasteiger partial charge in [0.2, 0.25) is 0 Å². The monoisotopic (exact) mass is 219 g/mol. The summed E-state index contributed by atoms with van der Waals surface area (Å²) in [5.74, 6) is -1.12. The third-order valence-corrected chi connectivity index (χ3v) is 2.06. The molecule has 0 unspecified atom stereocenters. The van der Waals surface area contributed by atoms with Crippen LogP contribution < -0.4 is 10.1 Å². The van der Waals surface area contributed by atoms with Gasteiger partial charge in [0.15, 0.2) is 5.75 Å². The number of carbonyl (C=O) groups is 2. The standard InChI is InChI=1S/C11H9NO4/c13-10(14)6-5-8-11(15)16-9-4-2-1-3-7(9)12-8/h1-5,12H,6H2,(H,13,14)/b8-5-. The predicted molar refractivity (Wildman–Crippen MR) is 56.0 cm³/mol. The van der Waals surface area contributed by atoms with Crippen molar-refractivity contribution < 1.29 is 19.4 Å². The number of anilines is 1. The maximum Gasteiger partial charge on any atom is 0.359 e. The maximum absolute atomic E-state index is 11.4. The summed E-state index contributed by atoms with van der Waals surface area (Å²) < 4.78 is 5.01. The lowest BCUT2D eigenvalue weighted by Gasteiger charge is -2.19. The van der Waals surface area contributed by atoms with E-state index in [-0.39, 0.29) is 12.1 Å². The Morgan fingerprint density at radius 3 is 2.94 bits per heavy atom. The SMILES string of the molecule is O=C(O)C/C=C1\Nc2ccccc2OC1=O. The van der Waals surface area contributed by atoms with Gasteiger partial charge < -0.3 is 15.2 Å². The summed E-state index contributed by atoms with van der Waals surface area (Å²) in [5, 5.41) is 11.3. The van der Waals surface area contributed by atoms with Crippen LogP contribution in [0.15, 0.2) is 36.0 Å². The summed E-state index contributed by atoms with van der Waals surface area (Å²) in [6.45, 7) is 0. The van der Waals surface area contributed by atoms with Crippen molar-refractivity contribution in [1.82, 2.24) is 0 Å². The first-order valence-electron chi connectivity index (χ1n) is 4.67. The van der Waals surface area contributed by atoms with Gasteiger partial charge in [0.25, 0.3) is 0 Å². The minimum Gasteiger partial charge on any atom is -0.481 e. The molecule has 1 aliphatic heterocycles. The molecule has 16 heavy (non-hydrogen) atoms. The lowest BCUT2D eigenvalue weighted by Crippen LogP contribution is -2.23. The first-order chi connectivity index (χ1) is 7.66. The van der Waals surface area contributed by atoms with E-state index in [2.05, 4.69) is 5.32 Å². The van der Waals surface area contributed by atoms with E-state index in [1.54, 1.807) is 24.3 Å². The fourth-order valence-electron chi connectivity index (χ4n) is 1.33. The number of para-hydroxylation sites is 2. The third-order valence-electron chi connectivity index (χ3n) is 2.06. The summed E-state index contributed by atoms with van der Waals surface area (Å²) in [6.07, 6.45) is 1.07. The molecule has 1 aromatic rings. The number of aliphatic carboxylic acids is 1. The molecule has 82 valence electrons. The number of rotatable bonds is 2. The van der Waals surface area contributed by atoms with Gasteiger partial charge in [0, 0.05) is 0 Å². The highest BCUT2D eigenvalue weighted by Gasteiger charge is 2.21. The van der Waals surface area contributed by atoms with Crippen LogP contribution in [-0.2, 0) is 9.59 Å². The van der Waals surface area contributed by atoms with Gasteiger partial charge in [-0.05, 0) is 18.2 Å². The highest BCUT2D eigenvalue weighted by molar-refractivity contribution is 5.97. The van der Waals surface area contributed by atoms with Crippen LogP contribution in [0.1, 0.15) is 6.42 Å². The molecule has 0 spiro atoms. The summed E-state index contributed by atoms with van der Waals surface area (Å²) in [4.78, 5) is 21.8. The second kappa shape index (κ2) is 4.06. The molecule has 0 saturated carbocycles. The molecule has 1 aromatic carbocycles. The quantitative estimate of drug-likeness (QED) is 0.446. The van der Waals surface area contributed by atoms with Crippen LogP contribution in [0.25, 0.3) is 0 Å². The number of carboxylic acid groups (broad SMARTS) is 1. The summed E-state index contributed by atoms with van der Waals surface area (Å²) >= 11 is 0. The van der Waals surface area contributed by atoms with Crippen LogP contribution in [0.2, 0.25) is 0 Å². The topological polar surface area (TPSA) is 75.6 Å². The van der Waals surface area contributed by atoms with E-state index in [1.807, 2.05) is 0 Å². The van der Waals surface area contributed by atoms with Crippen LogP contribution in [-0.4, -0.2) is 17.0 Å². The fraction of sp³-hybridized carbons (Fsp3) is 0.0909. The number of nitrogens with one attached hydrogen (secondary N) is 1. The first-order valence-corrected chi connectivity index (χ1v) is 4.67. The van der Waals surface area contributed by atoms with E-state index in [0.29, 0.717) is 11.4 Å². The van der Waals surface area contributed by atoms with Crippen molar-refractivity contribution in [1.29, 1.82) is 0 Å². The molecule has 2 N–H and O–H groups in total. The Morgan fingerprint density at radius 1 is 1.44 bits per heavy atom. The van der Waals surface area contributed by atoms with Gasteiger partial charge in [0.1, 0.15) is 5.70 Å². The van der Waals surface area contributed by atoms with Crippen molar-refractivity contribution in [3.05, 3.63) is 36.0 Å². The van der Waals surface area contributed by atoms with Gasteiger partial charge in [-0.1, -0.05) is 12.1 Å². The zero-order valence-electron chi connectivity index (χ0n) is 8.27. The molecular weight excluding hydrogens is 210 g/mol. The molecule has 0 fully saturated rings. The average molecular weight is 219 g/mol. The van der Waals surface area contributed by atoms with Crippen molar-refractivity contribution in [2.45, 2.75) is 6.42 Å². The van der Waals surface area contributed by atoms with Gasteiger partial charge in [-0.15, -0.1) is 0 Å². The molecule has 1 heterocycles. The van der Waals surface area contributed by atoms with Crippen LogP contribution in [0.5, 0.6) is 5.75 Å². The number of carbonyl (C=O) groups excluding carboxylic acids is 1. The zero-order chi connectivity index (χ0) is 11.5. The number of hydrogen-bond acceptors (Lipinski definition) is 4. The molecule has 0 radical (unpaired) electrons. The molecule has 0 aromatic heterocycles. The highest BCUT2D eigenvalue weighted by Crippen LogP contribution is 2.29. The molecule has 0 amide bonds. The number of fused-ring (bicyclic) bond motifs is 1. The lowest BCUT2D eigenvalue weighted by atomic mass is 10.2. The first kappa shape index (κ1) is 10.2. The Balaban J connectivity index is 2.24. The molecule has 1 aliphatic rings. The number of benzene rings is 1. The summed E-state index contributed by atoms with van der Waals surface area (Å²) in [6, 6.07) is 6.95. The summed E-state index contributed by atoms with van der Waals surface area (Å²) in [7, 11) is 0. The van der Waals surface area contributed by atoms with Crippen LogP contribution in [0.4, 0.5) is 5.69 Å². The van der Waals surface area contributed by atoms with Gasteiger partial charge >= 0.3 is 11.9 Å². The lowest BCUT2D eigenvalue weighted by molar-refractivity contribution is -0.136. The Labute approximate surface area is 91.3 Å². The normalized spacial score (nSPS) is 16.2. The maximum atomic E-state index is 11.4. The van der Waals surface area contributed by atoms with Crippen molar-refractivity contribution >= 4 is 17.6 Å². The van der Waals surface area contributed by atoms with Gasteiger partial charge in [0.05, 0.1) is 12.1 Å². The van der Waals surface area contributed by atoms with E-state index in [1.165, 1.54) is 6.08 Å². The number of ether oxygens (including phenoxy) is 1. The molecule has 2 rings (SSSR count). The van der Waals surface area contributed by atoms with E-state index < -0.39 is 11.9 Å². The third kappa shape index (κ3) is 2.03. The molecule has 0 atom stereocenters. The number of esters is 1. The summed E-state index contributed by atoms with van der Waals surface area (Å²) in [5.41, 5.74) is 0.805. The second-order valence-corrected chi connectivity index (χ2v) is 3.23. The minimum absolute atomic E-state index is 0.154. The average Bonchev–Trinajstić information content (AvgIpc) is 2.26. The Kier molecular flexibility index (Phi) is 2.59. The van der Waals surface area contributed by atoms with Crippen molar-refractivity contribution in [3.63, 3.8) is 0 Å². The van der Waals surface area contributed by atoms with Gasteiger partial charge in [-0.25, -0.2) is 4.79 Å². The number of carboxylic acids is 1. The van der Waals surface area contributed by atoms with E-state index >= 15 is 0 Å². The van der Waals surface area contributed by atoms with Gasteiger partial charge in [-0.3, -0.25) is 4.79 Å². The highest BCUT2D eigenvalue weighted by atomic mass is 16.5. The Morgan fingerprint density at radius 2 is 2.19 bits per heavy atom. The molecule has 0 aliphatic carbocycles. The van der Waals surface area contributed by atoms with E-state index in [9.17, 15) is 9.59 Å². The van der Waals surface area contributed by atoms with Gasteiger partial charge in [-0.2, -0.15) is 0 Å². The molecule has 5 heteroatoms. The number of hydrogen-bond donors (Lipinski definition) is 2. The minimum atomic E-state index is -0.999. The van der Waals surface area contributed by atoms with E-state index in [0.717, 1.165) is 0 Å². The predicted octanol–water partition coefficient (Wildman–Crippen LogP) is 1.38. The van der Waals surface area contributed by atoms with Crippen molar-refractivity contribution in [2.75, 3.05) is 5.32 Å². The Bertz CT molecular complexity index is 479. The van der Waals surface area contributed by atoms with Crippen LogP contribution in [0, 0.1) is 0 Å². The van der Waals surface area contributed by atoms with E-state index in [4.69, 9.17) is 9.84 Å². The van der Waals surface area contributed by atoms with Crippen molar-refractivity contribution in [2.24, 2.45) is 0 Å². The van der Waals surface area contributed by atoms with Crippen LogP contribution in [0.3, 0.4) is 0 Å². The zero-order valence-corrected chi connectivity index (χ0v) is 8.27.